The summed E-state index contributed by atoms with van der Waals surface area (Å²) in [6, 6.07) is 13.6. The molecule has 30 heavy (non-hydrogen) atoms. The van der Waals surface area contributed by atoms with Gasteiger partial charge in [-0.15, -0.1) is 0 Å². The van der Waals surface area contributed by atoms with Crippen LogP contribution in [0.4, 0.5) is 6.01 Å². The number of fused-ring (bicyclic) bond motifs is 2. The summed E-state index contributed by atoms with van der Waals surface area (Å²) in [5.41, 5.74) is 2.94. The Balaban J connectivity index is 1.35. The topological polar surface area (TPSA) is 109 Å². The molecule has 0 aliphatic carbocycles. The summed E-state index contributed by atoms with van der Waals surface area (Å²) in [6.45, 7) is 3.18. The van der Waals surface area contributed by atoms with Gasteiger partial charge in [0.05, 0.1) is 13.2 Å². The fourth-order valence-corrected chi connectivity index (χ4v) is 3.55. The number of carbonyl (C=O) groups excluding carboxylic acids is 1. The van der Waals surface area contributed by atoms with Crippen molar-refractivity contribution in [2.24, 2.45) is 0 Å². The van der Waals surface area contributed by atoms with Crippen LogP contribution in [0, 0.1) is 0 Å². The molecule has 0 radical (unpaired) electrons. The first kappa shape index (κ1) is 20.2. The summed E-state index contributed by atoms with van der Waals surface area (Å²) in [6.07, 6.45) is 0.877. The third-order valence-electron chi connectivity index (χ3n) is 5.11. The molecule has 0 fully saturated rings. The van der Waals surface area contributed by atoms with Crippen molar-refractivity contribution in [1.29, 1.82) is 0 Å². The van der Waals surface area contributed by atoms with E-state index in [1.165, 1.54) is 0 Å². The number of nitrogens with one attached hydrogen (secondary N) is 3. The van der Waals surface area contributed by atoms with Crippen LogP contribution in [0.15, 0.2) is 46.9 Å². The molecule has 8 nitrogen and oxygen atoms in total. The van der Waals surface area contributed by atoms with Crippen LogP contribution in [0.3, 0.4) is 0 Å². The van der Waals surface area contributed by atoms with E-state index in [1.807, 2.05) is 18.2 Å². The first-order valence-electron chi connectivity index (χ1n) is 10.2. The van der Waals surface area contributed by atoms with Gasteiger partial charge < -0.3 is 30.2 Å². The van der Waals surface area contributed by atoms with E-state index in [-0.39, 0.29) is 18.4 Å². The Morgan fingerprint density at radius 2 is 2.07 bits per heavy atom. The van der Waals surface area contributed by atoms with E-state index in [0.29, 0.717) is 55.5 Å². The molecule has 0 bridgehead atoms. The highest BCUT2D eigenvalue weighted by Gasteiger charge is 2.22. The maximum Gasteiger partial charge on any atom is 0.295 e. The van der Waals surface area contributed by atoms with Gasteiger partial charge in [0.15, 0.2) is 5.58 Å². The molecule has 1 amide bonds. The number of rotatable bonds is 9. The van der Waals surface area contributed by atoms with Crippen molar-refractivity contribution in [3.8, 4) is 5.75 Å². The van der Waals surface area contributed by atoms with Gasteiger partial charge in [-0.3, -0.25) is 4.79 Å². The van der Waals surface area contributed by atoms with Crippen LogP contribution in [-0.2, 0) is 0 Å². The van der Waals surface area contributed by atoms with Gasteiger partial charge in [0, 0.05) is 37.7 Å². The average Bonchev–Trinajstić information content (AvgIpc) is 3.19. The number of benzene rings is 2. The molecule has 8 heteroatoms. The maximum atomic E-state index is 12.7. The minimum atomic E-state index is -0.133. The van der Waals surface area contributed by atoms with Crippen LogP contribution >= 0.6 is 0 Å². The van der Waals surface area contributed by atoms with Crippen LogP contribution < -0.4 is 20.7 Å². The monoisotopic (exact) mass is 410 g/mol. The average molecular weight is 410 g/mol. The summed E-state index contributed by atoms with van der Waals surface area (Å²) < 4.78 is 11.3. The van der Waals surface area contributed by atoms with Crippen molar-refractivity contribution in [3.05, 3.63) is 53.6 Å². The number of oxazole rings is 1. The number of anilines is 1. The number of para-hydroxylation sites is 1. The summed E-state index contributed by atoms with van der Waals surface area (Å²) >= 11 is 0. The first-order chi connectivity index (χ1) is 14.7. The minimum Gasteiger partial charge on any atom is -0.493 e. The highest BCUT2D eigenvalue weighted by atomic mass is 16.5. The Hall–Kier alpha value is -3.10. The van der Waals surface area contributed by atoms with E-state index in [0.717, 1.165) is 17.7 Å². The van der Waals surface area contributed by atoms with E-state index in [4.69, 9.17) is 14.3 Å². The van der Waals surface area contributed by atoms with Gasteiger partial charge in [-0.05, 0) is 36.2 Å². The Kier molecular flexibility index (Phi) is 6.46. The van der Waals surface area contributed by atoms with Gasteiger partial charge in [0.1, 0.15) is 11.3 Å². The molecular weight excluding hydrogens is 384 g/mol. The molecule has 4 rings (SSSR count). The quantitative estimate of drug-likeness (QED) is 0.400. The predicted octanol–water partition coefficient (Wildman–Crippen LogP) is 2.12. The molecule has 158 valence electrons. The van der Waals surface area contributed by atoms with E-state index in [9.17, 15) is 4.79 Å². The first-order valence-corrected chi connectivity index (χ1v) is 10.2. The summed E-state index contributed by atoms with van der Waals surface area (Å²) in [7, 11) is 0. The van der Waals surface area contributed by atoms with Crippen molar-refractivity contribution in [2.75, 3.05) is 44.7 Å². The van der Waals surface area contributed by atoms with E-state index < -0.39 is 0 Å². The van der Waals surface area contributed by atoms with Gasteiger partial charge in [-0.2, -0.15) is 4.98 Å². The van der Waals surface area contributed by atoms with Gasteiger partial charge in [0.25, 0.3) is 11.9 Å². The molecule has 1 atom stereocenters. The molecule has 1 aliphatic heterocycles. The van der Waals surface area contributed by atoms with Crippen LogP contribution in [0.1, 0.15) is 28.3 Å². The normalized spacial score (nSPS) is 15.4. The summed E-state index contributed by atoms with van der Waals surface area (Å²) in [5, 5.41) is 17.9. The highest BCUT2D eigenvalue weighted by Crippen LogP contribution is 2.32. The molecule has 1 unspecified atom stereocenters. The van der Waals surface area contributed by atoms with Crippen LogP contribution in [0.5, 0.6) is 5.75 Å². The van der Waals surface area contributed by atoms with Gasteiger partial charge in [-0.1, -0.05) is 18.2 Å². The zero-order valence-electron chi connectivity index (χ0n) is 16.7. The van der Waals surface area contributed by atoms with Crippen molar-refractivity contribution >= 4 is 23.0 Å². The molecule has 2 aromatic carbocycles. The lowest BCUT2D eigenvalue weighted by Crippen LogP contribution is -2.30. The molecule has 4 N–H and O–H groups in total. The number of hydrogen-bond acceptors (Lipinski definition) is 7. The summed E-state index contributed by atoms with van der Waals surface area (Å²) in [4.78, 5) is 17.1. The number of hydrogen-bond donors (Lipinski definition) is 4. The smallest absolute Gasteiger partial charge is 0.295 e. The number of aliphatic hydroxyl groups excluding tert-OH is 1. The molecular formula is C22H26N4O4. The standard InChI is InChI=1S/C22H26N4O4/c27-11-10-23-8-9-24-22-26-18-13-15(5-6-20(18)30-22)21(28)25-14-16-7-12-29-19-4-2-1-3-17(16)19/h1-6,13,16,23,27H,7-12,14H2,(H,24,26)(H,25,28). The van der Waals surface area contributed by atoms with Crippen molar-refractivity contribution in [2.45, 2.75) is 12.3 Å². The van der Waals surface area contributed by atoms with Crippen molar-refractivity contribution < 1.29 is 19.1 Å². The van der Waals surface area contributed by atoms with E-state index in [2.05, 4.69) is 27.0 Å². The van der Waals surface area contributed by atoms with Gasteiger partial charge >= 0.3 is 0 Å². The van der Waals surface area contributed by atoms with Crippen LogP contribution in [-0.4, -0.2) is 55.4 Å². The number of aromatic nitrogens is 1. The second kappa shape index (κ2) is 9.60. The molecule has 0 spiro atoms. The lowest BCUT2D eigenvalue weighted by molar-refractivity contribution is 0.0948. The van der Waals surface area contributed by atoms with Gasteiger partial charge in [0.2, 0.25) is 0 Å². The number of carbonyl (C=O) groups is 1. The maximum absolute atomic E-state index is 12.7. The lowest BCUT2D eigenvalue weighted by Gasteiger charge is -2.26. The Morgan fingerprint density at radius 3 is 2.97 bits per heavy atom. The summed E-state index contributed by atoms with van der Waals surface area (Å²) in [5.74, 6) is 1.01. The molecule has 0 saturated heterocycles. The largest absolute Gasteiger partial charge is 0.493 e. The van der Waals surface area contributed by atoms with Gasteiger partial charge in [-0.25, -0.2) is 0 Å². The molecule has 2 heterocycles. The zero-order valence-corrected chi connectivity index (χ0v) is 16.7. The Bertz CT molecular complexity index is 1000. The minimum absolute atomic E-state index is 0.106. The highest BCUT2D eigenvalue weighted by molar-refractivity contribution is 5.97. The molecule has 1 aromatic heterocycles. The predicted molar refractivity (Wildman–Crippen MR) is 114 cm³/mol. The van der Waals surface area contributed by atoms with E-state index >= 15 is 0 Å². The number of nitrogens with zero attached hydrogens (tertiary/aromatic N) is 1. The lowest BCUT2D eigenvalue weighted by atomic mass is 9.93. The van der Waals surface area contributed by atoms with Crippen molar-refractivity contribution in [1.82, 2.24) is 15.6 Å². The van der Waals surface area contributed by atoms with E-state index in [1.54, 1.807) is 18.2 Å². The Morgan fingerprint density at radius 1 is 1.17 bits per heavy atom. The molecule has 1 aliphatic rings. The fourth-order valence-electron chi connectivity index (χ4n) is 3.55. The van der Waals surface area contributed by atoms with Crippen LogP contribution in [0.25, 0.3) is 11.1 Å². The molecule has 0 saturated carbocycles. The molecule has 3 aromatic rings. The number of amides is 1. The third kappa shape index (κ3) is 4.72. The second-order valence-corrected chi connectivity index (χ2v) is 7.18. The third-order valence-corrected chi connectivity index (χ3v) is 5.11. The Labute approximate surface area is 174 Å². The number of ether oxygens (including phenoxy) is 1. The SMILES string of the molecule is O=C(NCC1CCOc2ccccc21)c1ccc2oc(NCCNCCO)nc2c1. The van der Waals surface area contributed by atoms with Crippen molar-refractivity contribution in [3.63, 3.8) is 0 Å². The fraction of sp³-hybridized carbons (Fsp3) is 0.364. The van der Waals surface area contributed by atoms with Crippen LogP contribution in [0.2, 0.25) is 0 Å². The zero-order chi connectivity index (χ0) is 20.8. The second-order valence-electron chi connectivity index (χ2n) is 7.18. The number of aliphatic hydroxyl groups is 1.